The minimum Gasteiger partial charge on any atom is -0.507 e. The third-order valence-electron chi connectivity index (χ3n) is 6.70. The fourth-order valence-electron chi connectivity index (χ4n) is 4.64. The van der Waals surface area contributed by atoms with Crippen molar-refractivity contribution < 1.29 is 28.9 Å². The highest BCUT2D eigenvalue weighted by Crippen LogP contribution is 2.40. The standard InChI is InChI=1S/C29H36N2O6/c1-3-5-18-37-24-12-8-22(9-13-24)27(32)25-26(21-6-10-23(11-7-21)36-4-2)31(29(34)28(25)33)15-14-30-16-19-35-20-17-30/h6-13,26,32H,3-5,14-20H2,1-2H3/b27-25+. The molecule has 1 unspecified atom stereocenters. The molecule has 8 nitrogen and oxygen atoms in total. The molecule has 1 atom stereocenters. The van der Waals surface area contributed by atoms with Crippen LogP contribution >= 0.6 is 0 Å². The van der Waals surface area contributed by atoms with E-state index in [1.54, 1.807) is 29.2 Å². The molecule has 0 radical (unpaired) electrons. The van der Waals surface area contributed by atoms with E-state index in [1.165, 1.54) is 0 Å². The van der Waals surface area contributed by atoms with Crippen LogP contribution < -0.4 is 9.47 Å². The van der Waals surface area contributed by atoms with Crippen LogP contribution in [0.5, 0.6) is 11.5 Å². The van der Waals surface area contributed by atoms with Gasteiger partial charge in [-0.2, -0.15) is 0 Å². The number of amides is 1. The van der Waals surface area contributed by atoms with Crippen molar-refractivity contribution in [2.45, 2.75) is 32.7 Å². The highest BCUT2D eigenvalue weighted by Gasteiger charge is 2.46. The van der Waals surface area contributed by atoms with Crippen LogP contribution in [0.4, 0.5) is 0 Å². The normalized spacial score (nSPS) is 19.8. The Bertz CT molecular complexity index is 1090. The molecule has 0 aromatic heterocycles. The van der Waals surface area contributed by atoms with Crippen LogP contribution in [0.1, 0.15) is 43.9 Å². The first-order valence-corrected chi connectivity index (χ1v) is 13.1. The maximum Gasteiger partial charge on any atom is 0.295 e. The van der Waals surface area contributed by atoms with Crippen LogP contribution in [0, 0.1) is 0 Å². The second-order valence-corrected chi connectivity index (χ2v) is 9.17. The maximum atomic E-state index is 13.3. The zero-order chi connectivity index (χ0) is 26.2. The Morgan fingerprint density at radius 2 is 1.59 bits per heavy atom. The summed E-state index contributed by atoms with van der Waals surface area (Å²) in [6, 6.07) is 13.6. The molecule has 0 aliphatic carbocycles. The second-order valence-electron chi connectivity index (χ2n) is 9.17. The fourth-order valence-corrected chi connectivity index (χ4v) is 4.64. The molecule has 2 aliphatic heterocycles. The average molecular weight is 509 g/mol. The van der Waals surface area contributed by atoms with Crippen molar-refractivity contribution in [3.8, 4) is 11.5 Å². The Labute approximate surface area is 218 Å². The number of aliphatic hydroxyl groups is 1. The van der Waals surface area contributed by atoms with E-state index in [0.29, 0.717) is 56.6 Å². The molecule has 8 heteroatoms. The Kier molecular flexibility index (Phi) is 9.19. The van der Waals surface area contributed by atoms with Gasteiger partial charge in [-0.3, -0.25) is 14.5 Å². The van der Waals surface area contributed by atoms with Gasteiger partial charge in [0, 0.05) is 31.7 Å². The number of likely N-dealkylation sites (tertiary alicyclic amines) is 1. The first-order chi connectivity index (χ1) is 18.0. The van der Waals surface area contributed by atoms with Gasteiger partial charge in [0.15, 0.2) is 0 Å². The van der Waals surface area contributed by atoms with Crippen molar-refractivity contribution in [3.63, 3.8) is 0 Å². The van der Waals surface area contributed by atoms with E-state index in [2.05, 4.69) is 11.8 Å². The third kappa shape index (κ3) is 6.32. The Balaban J connectivity index is 1.65. The number of carbonyl (C=O) groups excluding carboxylic acids is 2. The monoisotopic (exact) mass is 508 g/mol. The summed E-state index contributed by atoms with van der Waals surface area (Å²) in [5.74, 6) is -0.0738. The zero-order valence-electron chi connectivity index (χ0n) is 21.7. The van der Waals surface area contributed by atoms with Crippen LogP contribution in [0.25, 0.3) is 5.76 Å². The highest BCUT2D eigenvalue weighted by atomic mass is 16.5. The minimum atomic E-state index is -0.697. The average Bonchev–Trinajstić information content (AvgIpc) is 3.18. The lowest BCUT2D eigenvalue weighted by Crippen LogP contribution is -2.42. The molecular weight excluding hydrogens is 472 g/mol. The number of ether oxygens (including phenoxy) is 3. The highest BCUT2D eigenvalue weighted by molar-refractivity contribution is 6.46. The number of unbranched alkanes of at least 4 members (excludes halogenated alkanes) is 1. The van der Waals surface area contributed by atoms with E-state index in [-0.39, 0.29) is 11.3 Å². The predicted molar refractivity (Wildman–Crippen MR) is 141 cm³/mol. The number of nitrogens with zero attached hydrogens (tertiary/aromatic N) is 2. The van der Waals surface area contributed by atoms with Gasteiger partial charge in [0.25, 0.3) is 11.7 Å². The first-order valence-electron chi connectivity index (χ1n) is 13.1. The van der Waals surface area contributed by atoms with E-state index in [9.17, 15) is 14.7 Å². The summed E-state index contributed by atoms with van der Waals surface area (Å²) >= 11 is 0. The summed E-state index contributed by atoms with van der Waals surface area (Å²) in [6.07, 6.45) is 1.99. The predicted octanol–water partition coefficient (Wildman–Crippen LogP) is 4.02. The molecule has 0 spiro atoms. The summed E-state index contributed by atoms with van der Waals surface area (Å²) in [5.41, 5.74) is 1.30. The van der Waals surface area contributed by atoms with Crippen LogP contribution in [-0.4, -0.2) is 79.2 Å². The molecule has 0 bridgehead atoms. The third-order valence-corrected chi connectivity index (χ3v) is 6.70. The van der Waals surface area contributed by atoms with Crippen molar-refractivity contribution in [2.75, 3.05) is 52.6 Å². The van der Waals surface area contributed by atoms with Crippen molar-refractivity contribution in [1.29, 1.82) is 0 Å². The van der Waals surface area contributed by atoms with Crippen LogP contribution in [-0.2, 0) is 14.3 Å². The molecule has 2 heterocycles. The minimum absolute atomic E-state index is 0.0933. The quantitative estimate of drug-likeness (QED) is 0.212. The molecule has 37 heavy (non-hydrogen) atoms. The van der Waals surface area contributed by atoms with E-state index in [0.717, 1.165) is 31.5 Å². The van der Waals surface area contributed by atoms with E-state index in [1.807, 2.05) is 31.2 Å². The number of benzene rings is 2. The van der Waals surface area contributed by atoms with Gasteiger partial charge in [0.1, 0.15) is 17.3 Å². The number of Topliss-reactive ketones (excluding diaryl/α,β-unsaturated/α-hetero) is 1. The molecule has 2 aromatic rings. The molecule has 2 fully saturated rings. The van der Waals surface area contributed by atoms with E-state index in [4.69, 9.17) is 14.2 Å². The molecule has 198 valence electrons. The number of hydrogen-bond acceptors (Lipinski definition) is 7. The summed E-state index contributed by atoms with van der Waals surface area (Å²) in [4.78, 5) is 30.3. The molecule has 1 amide bonds. The first kappa shape index (κ1) is 26.7. The molecule has 2 saturated heterocycles. The van der Waals surface area contributed by atoms with Gasteiger partial charge in [-0.25, -0.2) is 0 Å². The van der Waals surface area contributed by atoms with Crippen molar-refractivity contribution in [1.82, 2.24) is 9.80 Å². The van der Waals surface area contributed by atoms with Crippen molar-refractivity contribution in [2.24, 2.45) is 0 Å². The lowest BCUT2D eigenvalue weighted by Gasteiger charge is -2.31. The molecule has 4 rings (SSSR count). The Hall–Kier alpha value is -3.36. The summed E-state index contributed by atoms with van der Waals surface area (Å²) in [6.45, 7) is 9.02. The van der Waals surface area contributed by atoms with Gasteiger partial charge in [-0.1, -0.05) is 25.5 Å². The summed E-state index contributed by atoms with van der Waals surface area (Å²) < 4.78 is 16.7. The van der Waals surface area contributed by atoms with Gasteiger partial charge >= 0.3 is 0 Å². The molecule has 2 aromatic carbocycles. The number of rotatable bonds is 11. The van der Waals surface area contributed by atoms with Gasteiger partial charge < -0.3 is 24.2 Å². The lowest BCUT2D eigenvalue weighted by atomic mass is 9.95. The number of aliphatic hydroxyl groups excluding tert-OH is 1. The summed E-state index contributed by atoms with van der Waals surface area (Å²) in [5, 5.41) is 11.3. The Morgan fingerprint density at radius 1 is 0.946 bits per heavy atom. The topological polar surface area (TPSA) is 88.5 Å². The Morgan fingerprint density at radius 3 is 2.24 bits per heavy atom. The summed E-state index contributed by atoms with van der Waals surface area (Å²) in [7, 11) is 0. The van der Waals surface area contributed by atoms with Gasteiger partial charge in [-0.15, -0.1) is 0 Å². The van der Waals surface area contributed by atoms with Crippen LogP contribution in [0.15, 0.2) is 54.1 Å². The van der Waals surface area contributed by atoms with Crippen LogP contribution in [0.2, 0.25) is 0 Å². The van der Waals surface area contributed by atoms with Crippen molar-refractivity contribution in [3.05, 3.63) is 65.2 Å². The van der Waals surface area contributed by atoms with Crippen molar-refractivity contribution >= 4 is 17.4 Å². The molecule has 2 aliphatic rings. The van der Waals surface area contributed by atoms with Gasteiger partial charge in [0.05, 0.1) is 38.0 Å². The molecule has 1 N–H and O–H groups in total. The van der Waals surface area contributed by atoms with E-state index < -0.39 is 17.7 Å². The SMILES string of the molecule is CCCCOc1ccc(/C(O)=C2\C(=O)C(=O)N(CCN3CCOCC3)C2c2ccc(OCC)cc2)cc1. The zero-order valence-corrected chi connectivity index (χ0v) is 21.7. The fraction of sp³-hybridized carbons (Fsp3) is 0.448. The number of morpholine rings is 1. The number of carbonyl (C=O) groups is 2. The smallest absolute Gasteiger partial charge is 0.295 e. The maximum absolute atomic E-state index is 13.3. The van der Waals surface area contributed by atoms with Crippen LogP contribution in [0.3, 0.4) is 0 Å². The van der Waals surface area contributed by atoms with E-state index >= 15 is 0 Å². The second kappa shape index (κ2) is 12.7. The largest absolute Gasteiger partial charge is 0.507 e. The lowest BCUT2D eigenvalue weighted by molar-refractivity contribution is -0.140. The number of ketones is 1. The molecule has 0 saturated carbocycles. The number of hydrogen-bond donors (Lipinski definition) is 1. The van der Waals surface area contributed by atoms with Gasteiger partial charge in [0.2, 0.25) is 0 Å². The molecular formula is C29H36N2O6. The van der Waals surface area contributed by atoms with Gasteiger partial charge in [-0.05, 0) is 55.3 Å².